The third kappa shape index (κ3) is 6.48. The van der Waals surface area contributed by atoms with E-state index in [4.69, 9.17) is 16.3 Å². The maximum atomic E-state index is 14.8. The minimum absolute atomic E-state index is 0.0233. The van der Waals surface area contributed by atoms with Crippen LogP contribution in [-0.4, -0.2) is 95.2 Å². The third-order valence-electron chi connectivity index (χ3n) is 6.17. The van der Waals surface area contributed by atoms with Crippen molar-refractivity contribution in [2.75, 3.05) is 55.8 Å². The number of rotatable bonds is 5. The van der Waals surface area contributed by atoms with Gasteiger partial charge in [-0.15, -0.1) is 0 Å². The van der Waals surface area contributed by atoms with Crippen molar-refractivity contribution in [3.63, 3.8) is 0 Å². The lowest BCUT2D eigenvalue weighted by Crippen LogP contribution is -2.60. The second kappa shape index (κ2) is 11.0. The lowest BCUT2D eigenvalue weighted by Gasteiger charge is -2.42. The first-order valence-electron chi connectivity index (χ1n) is 11.4. The second-order valence-electron chi connectivity index (χ2n) is 8.76. The zero-order valence-corrected chi connectivity index (χ0v) is 21.4. The molecule has 4 rings (SSSR count). The number of carbonyl (C=O) groups excluding carboxylic acids is 2. The molecule has 196 valence electrons. The number of likely N-dealkylation sites (tertiary alicyclic amines) is 1. The number of anilines is 3. The number of halogens is 3. The van der Waals surface area contributed by atoms with Gasteiger partial charge in [-0.3, -0.25) is 10.6 Å². The van der Waals surface area contributed by atoms with Gasteiger partial charge in [0.25, 0.3) is 5.92 Å². The normalized spacial score (nSPS) is 20.6. The molecular weight excluding hydrogens is 518 g/mol. The molecular formula is C21H27ClF2N8O3S. The summed E-state index contributed by atoms with van der Waals surface area (Å²) in [5.74, 6) is -2.77. The van der Waals surface area contributed by atoms with Crippen LogP contribution in [0.5, 0.6) is 0 Å². The Bertz CT molecular complexity index is 1080. The SMILES string of the molecule is CN1CCC(OC(=O)Nc2ccnc(N3CCC(F)(F)[C@@H](N(C)C(=O)Nc4ncc(Cl)s4)C3)n2)CC1. The monoisotopic (exact) mass is 544 g/mol. The van der Waals surface area contributed by atoms with Gasteiger partial charge in [0.1, 0.15) is 22.3 Å². The zero-order chi connectivity index (χ0) is 25.9. The molecule has 0 bridgehead atoms. The van der Waals surface area contributed by atoms with Crippen molar-refractivity contribution >= 4 is 52.0 Å². The summed E-state index contributed by atoms with van der Waals surface area (Å²) in [7, 11) is 3.31. The number of alkyl halides is 2. The molecule has 0 aliphatic carbocycles. The first-order valence-corrected chi connectivity index (χ1v) is 12.6. The maximum Gasteiger partial charge on any atom is 0.413 e. The summed E-state index contributed by atoms with van der Waals surface area (Å²) in [6.07, 6.45) is 2.99. The lowest BCUT2D eigenvalue weighted by atomic mass is 10.00. The Morgan fingerprint density at radius 3 is 2.69 bits per heavy atom. The number of piperidine rings is 2. The standard InChI is InChI=1S/C21H27ClF2N8O3S/c1-30-8-4-13(5-9-30)35-20(34)28-16-3-7-25-17(27-16)32-10-6-21(23,24)14(12-32)31(2)19(33)29-18-26-11-15(22)36-18/h3,7,11,13-14H,4-6,8-10,12H2,1-2H3,(H,26,29,33)(H,25,27,28,34)/t14-/m0/s1. The number of likely N-dealkylation sites (N-methyl/N-ethyl adjacent to an activating group) is 1. The predicted octanol–water partition coefficient (Wildman–Crippen LogP) is 3.61. The van der Waals surface area contributed by atoms with E-state index in [1.807, 2.05) is 7.05 Å². The molecule has 0 radical (unpaired) electrons. The van der Waals surface area contributed by atoms with E-state index in [2.05, 4.69) is 30.5 Å². The van der Waals surface area contributed by atoms with Crippen molar-refractivity contribution in [1.82, 2.24) is 24.8 Å². The van der Waals surface area contributed by atoms with E-state index in [9.17, 15) is 18.4 Å². The van der Waals surface area contributed by atoms with Gasteiger partial charge in [-0.2, -0.15) is 4.98 Å². The van der Waals surface area contributed by atoms with Gasteiger partial charge in [0.15, 0.2) is 5.13 Å². The highest BCUT2D eigenvalue weighted by Gasteiger charge is 2.48. The third-order valence-corrected chi connectivity index (χ3v) is 7.20. The van der Waals surface area contributed by atoms with Crippen molar-refractivity contribution in [2.45, 2.75) is 37.3 Å². The van der Waals surface area contributed by atoms with Gasteiger partial charge in [0.05, 0.1) is 6.20 Å². The number of thiazole rings is 1. The van der Waals surface area contributed by atoms with Gasteiger partial charge in [0, 0.05) is 45.8 Å². The molecule has 3 amide bonds. The van der Waals surface area contributed by atoms with Crippen LogP contribution in [0.1, 0.15) is 19.3 Å². The molecule has 0 spiro atoms. The Labute approximate surface area is 215 Å². The van der Waals surface area contributed by atoms with Gasteiger partial charge in [-0.25, -0.2) is 28.3 Å². The zero-order valence-electron chi connectivity index (χ0n) is 19.8. The molecule has 36 heavy (non-hydrogen) atoms. The fourth-order valence-corrected chi connectivity index (χ4v) is 4.87. The van der Waals surface area contributed by atoms with E-state index in [1.165, 1.54) is 25.5 Å². The molecule has 1 atom stereocenters. The summed E-state index contributed by atoms with van der Waals surface area (Å²) >= 11 is 6.84. The van der Waals surface area contributed by atoms with Crippen molar-refractivity contribution in [2.24, 2.45) is 0 Å². The molecule has 0 saturated carbocycles. The van der Waals surface area contributed by atoms with Crippen LogP contribution in [0.4, 0.5) is 35.3 Å². The van der Waals surface area contributed by atoms with Gasteiger partial charge in [0.2, 0.25) is 5.95 Å². The van der Waals surface area contributed by atoms with Crippen LogP contribution in [0.15, 0.2) is 18.5 Å². The number of nitrogens with zero attached hydrogens (tertiary/aromatic N) is 6. The highest BCUT2D eigenvalue weighted by atomic mass is 35.5. The molecule has 2 aromatic heterocycles. The smallest absolute Gasteiger partial charge is 0.413 e. The Morgan fingerprint density at radius 1 is 1.25 bits per heavy atom. The number of hydrogen-bond donors (Lipinski definition) is 2. The van der Waals surface area contributed by atoms with Crippen molar-refractivity contribution in [3.8, 4) is 0 Å². The number of amides is 3. The molecule has 2 saturated heterocycles. The predicted molar refractivity (Wildman–Crippen MR) is 132 cm³/mol. The molecule has 11 nitrogen and oxygen atoms in total. The molecule has 2 fully saturated rings. The minimum Gasteiger partial charge on any atom is -0.446 e. The van der Waals surface area contributed by atoms with E-state index >= 15 is 0 Å². The van der Waals surface area contributed by atoms with Gasteiger partial charge < -0.3 is 19.4 Å². The summed E-state index contributed by atoms with van der Waals surface area (Å²) in [6.45, 7) is 1.46. The average molecular weight is 545 g/mol. The summed E-state index contributed by atoms with van der Waals surface area (Å²) in [6, 6.07) is -0.689. The highest BCUT2D eigenvalue weighted by molar-refractivity contribution is 7.19. The van der Waals surface area contributed by atoms with Crippen molar-refractivity contribution in [3.05, 3.63) is 22.8 Å². The number of urea groups is 1. The molecule has 2 N–H and O–H groups in total. The lowest BCUT2D eigenvalue weighted by molar-refractivity contribution is -0.0760. The van der Waals surface area contributed by atoms with Crippen molar-refractivity contribution in [1.29, 1.82) is 0 Å². The molecule has 0 aromatic carbocycles. The fraction of sp³-hybridized carbons (Fsp3) is 0.571. The first-order chi connectivity index (χ1) is 17.1. The van der Waals surface area contributed by atoms with Crippen LogP contribution in [0.3, 0.4) is 0 Å². The maximum absolute atomic E-state index is 14.8. The van der Waals surface area contributed by atoms with Gasteiger partial charge in [-0.05, 0) is 26.0 Å². The number of hydrogen-bond acceptors (Lipinski definition) is 9. The number of carbonyl (C=O) groups is 2. The highest BCUT2D eigenvalue weighted by Crippen LogP contribution is 2.33. The van der Waals surface area contributed by atoms with Crippen LogP contribution >= 0.6 is 22.9 Å². The summed E-state index contributed by atoms with van der Waals surface area (Å²) in [5, 5.41) is 5.28. The van der Waals surface area contributed by atoms with E-state index < -0.39 is 30.5 Å². The summed E-state index contributed by atoms with van der Waals surface area (Å²) in [5.41, 5.74) is 0. The Balaban J connectivity index is 1.39. The van der Waals surface area contributed by atoms with E-state index in [-0.39, 0.29) is 36.1 Å². The Kier molecular flexibility index (Phi) is 8.05. The van der Waals surface area contributed by atoms with Crippen LogP contribution in [0.2, 0.25) is 4.34 Å². The molecule has 15 heteroatoms. The number of aromatic nitrogens is 3. The van der Waals surface area contributed by atoms with Crippen LogP contribution < -0.4 is 15.5 Å². The van der Waals surface area contributed by atoms with Crippen molar-refractivity contribution < 1.29 is 23.1 Å². The van der Waals surface area contributed by atoms with E-state index in [1.54, 1.807) is 4.90 Å². The molecule has 4 heterocycles. The van der Waals surface area contributed by atoms with Crippen LogP contribution in [0, 0.1) is 0 Å². The average Bonchev–Trinajstić information content (AvgIpc) is 3.24. The van der Waals surface area contributed by atoms with Gasteiger partial charge in [-0.1, -0.05) is 22.9 Å². The quantitative estimate of drug-likeness (QED) is 0.586. The largest absolute Gasteiger partial charge is 0.446 e. The Hall–Kier alpha value is -2.84. The molecule has 0 unspecified atom stereocenters. The molecule has 2 aliphatic rings. The first kappa shape index (κ1) is 26.2. The Morgan fingerprint density at radius 2 is 2.00 bits per heavy atom. The topological polar surface area (TPSA) is 116 Å². The number of ether oxygens (including phenoxy) is 1. The van der Waals surface area contributed by atoms with E-state index in [0.717, 1.165) is 42.2 Å². The summed E-state index contributed by atoms with van der Waals surface area (Å²) in [4.78, 5) is 42.0. The molecule has 2 aliphatic heterocycles. The molecule has 2 aromatic rings. The minimum atomic E-state index is -3.13. The van der Waals surface area contributed by atoms with Crippen LogP contribution in [-0.2, 0) is 4.74 Å². The summed E-state index contributed by atoms with van der Waals surface area (Å²) < 4.78 is 35.5. The number of nitrogens with one attached hydrogen (secondary N) is 2. The fourth-order valence-electron chi connectivity index (χ4n) is 4.06. The second-order valence-corrected chi connectivity index (χ2v) is 10.4. The van der Waals surface area contributed by atoms with E-state index in [0.29, 0.717) is 4.34 Å². The van der Waals surface area contributed by atoms with Crippen LogP contribution in [0.25, 0.3) is 0 Å². The van der Waals surface area contributed by atoms with Gasteiger partial charge >= 0.3 is 12.1 Å².